The number of phenolic OH excluding ortho intramolecular Hbond substituents is 1. The maximum Gasteiger partial charge on any atom is 0.203 e. The zero-order valence-electron chi connectivity index (χ0n) is 11.3. The number of benzene rings is 2. The molecule has 0 spiro atoms. The van der Waals surface area contributed by atoms with Crippen LogP contribution in [0.15, 0.2) is 42.5 Å². The lowest BCUT2D eigenvalue weighted by atomic mass is 10.2. The van der Waals surface area contributed by atoms with Gasteiger partial charge >= 0.3 is 0 Å². The van der Waals surface area contributed by atoms with Crippen molar-refractivity contribution in [1.82, 2.24) is 10.2 Å². The fourth-order valence-electron chi connectivity index (χ4n) is 1.86. The standard InChI is InChI=1S/C15H13N3O2S/c1-9-2-7-13(12(19)8-9)20-11-5-3-10(4-6-11)14-17-18-15(16)21-14/h2-8,19H,1H3,(H2,16,18). The summed E-state index contributed by atoms with van der Waals surface area (Å²) in [6.45, 7) is 1.91. The number of aromatic nitrogens is 2. The van der Waals surface area contributed by atoms with Crippen LogP contribution in [0, 0.1) is 6.92 Å². The summed E-state index contributed by atoms with van der Waals surface area (Å²) in [6.07, 6.45) is 0. The van der Waals surface area contributed by atoms with Crippen LogP contribution in [0.4, 0.5) is 5.13 Å². The Bertz CT molecular complexity index is 769. The molecule has 2 aromatic carbocycles. The second-order valence-corrected chi connectivity index (χ2v) is 5.55. The molecule has 6 heteroatoms. The van der Waals surface area contributed by atoms with Crippen molar-refractivity contribution in [3.8, 4) is 27.8 Å². The summed E-state index contributed by atoms with van der Waals surface area (Å²) in [6, 6.07) is 12.7. The van der Waals surface area contributed by atoms with Crippen LogP contribution in [0.5, 0.6) is 17.2 Å². The largest absolute Gasteiger partial charge is 0.504 e. The molecule has 3 aromatic rings. The van der Waals surface area contributed by atoms with Crippen molar-refractivity contribution >= 4 is 16.5 Å². The quantitative estimate of drug-likeness (QED) is 0.772. The van der Waals surface area contributed by atoms with E-state index in [0.717, 1.165) is 16.1 Å². The zero-order valence-corrected chi connectivity index (χ0v) is 12.1. The summed E-state index contributed by atoms with van der Waals surface area (Å²) in [5.74, 6) is 1.18. The molecule has 1 aromatic heterocycles. The third kappa shape index (κ3) is 2.95. The maximum absolute atomic E-state index is 9.83. The van der Waals surface area contributed by atoms with E-state index >= 15 is 0 Å². The molecule has 5 nitrogen and oxygen atoms in total. The van der Waals surface area contributed by atoms with Crippen LogP contribution in [0.1, 0.15) is 5.56 Å². The molecule has 21 heavy (non-hydrogen) atoms. The number of nitrogens with zero attached hydrogens (tertiary/aromatic N) is 2. The van der Waals surface area contributed by atoms with Gasteiger partial charge in [0, 0.05) is 5.56 Å². The Morgan fingerprint density at radius 1 is 1.10 bits per heavy atom. The number of nitrogens with two attached hydrogens (primary N) is 1. The second-order valence-electron chi connectivity index (χ2n) is 4.54. The fraction of sp³-hybridized carbons (Fsp3) is 0.0667. The van der Waals surface area contributed by atoms with Crippen LogP contribution >= 0.6 is 11.3 Å². The van der Waals surface area contributed by atoms with Gasteiger partial charge in [0.2, 0.25) is 5.13 Å². The normalized spacial score (nSPS) is 10.5. The lowest BCUT2D eigenvalue weighted by molar-refractivity contribution is 0.411. The van der Waals surface area contributed by atoms with E-state index in [1.165, 1.54) is 11.3 Å². The molecule has 0 aliphatic rings. The van der Waals surface area contributed by atoms with Crippen molar-refractivity contribution in [3.05, 3.63) is 48.0 Å². The first-order chi connectivity index (χ1) is 10.1. The van der Waals surface area contributed by atoms with Crippen molar-refractivity contribution in [2.75, 3.05) is 5.73 Å². The van der Waals surface area contributed by atoms with Gasteiger partial charge in [0.25, 0.3) is 0 Å². The predicted octanol–water partition coefficient (Wildman–Crippen LogP) is 3.59. The van der Waals surface area contributed by atoms with Gasteiger partial charge in [-0.15, -0.1) is 10.2 Å². The molecule has 0 amide bonds. The van der Waals surface area contributed by atoms with Gasteiger partial charge in [-0.2, -0.15) is 0 Å². The zero-order chi connectivity index (χ0) is 14.8. The number of rotatable bonds is 3. The Morgan fingerprint density at radius 2 is 1.86 bits per heavy atom. The highest BCUT2D eigenvalue weighted by Crippen LogP contribution is 2.32. The number of hydrogen-bond acceptors (Lipinski definition) is 6. The van der Waals surface area contributed by atoms with E-state index in [-0.39, 0.29) is 5.75 Å². The van der Waals surface area contributed by atoms with Gasteiger partial charge in [0.1, 0.15) is 10.8 Å². The molecule has 0 aliphatic carbocycles. The first-order valence-corrected chi connectivity index (χ1v) is 7.10. The van der Waals surface area contributed by atoms with Gasteiger partial charge in [-0.1, -0.05) is 17.4 Å². The maximum atomic E-state index is 9.83. The number of anilines is 1. The first-order valence-electron chi connectivity index (χ1n) is 6.29. The SMILES string of the molecule is Cc1ccc(Oc2ccc(-c3nnc(N)s3)cc2)c(O)c1. The van der Waals surface area contributed by atoms with Gasteiger partial charge in [-0.3, -0.25) is 0 Å². The molecule has 1 heterocycles. The molecule has 0 unspecified atom stereocenters. The molecule has 3 N–H and O–H groups in total. The summed E-state index contributed by atoms with van der Waals surface area (Å²) in [5.41, 5.74) is 7.47. The predicted molar refractivity (Wildman–Crippen MR) is 82.7 cm³/mol. The van der Waals surface area contributed by atoms with Crippen LogP contribution in [0.3, 0.4) is 0 Å². The number of aryl methyl sites for hydroxylation is 1. The molecule has 0 bridgehead atoms. The van der Waals surface area contributed by atoms with E-state index in [0.29, 0.717) is 16.6 Å². The minimum atomic E-state index is 0.121. The van der Waals surface area contributed by atoms with E-state index in [9.17, 15) is 5.11 Å². The first kappa shape index (κ1) is 13.4. The Hall–Kier alpha value is -2.60. The molecular formula is C15H13N3O2S. The Kier molecular flexibility index (Phi) is 3.45. The van der Waals surface area contributed by atoms with Crippen LogP contribution in [-0.4, -0.2) is 15.3 Å². The number of ether oxygens (including phenoxy) is 1. The summed E-state index contributed by atoms with van der Waals surface area (Å²) >= 11 is 1.33. The number of nitrogen functional groups attached to an aromatic ring is 1. The van der Waals surface area contributed by atoms with Crippen molar-refractivity contribution in [2.45, 2.75) is 6.92 Å². The molecule has 0 saturated heterocycles. The van der Waals surface area contributed by atoms with Crippen molar-refractivity contribution < 1.29 is 9.84 Å². The molecule has 0 saturated carbocycles. The summed E-state index contributed by atoms with van der Waals surface area (Å²) in [7, 11) is 0. The van der Waals surface area contributed by atoms with E-state index in [1.54, 1.807) is 12.1 Å². The average molecular weight is 299 g/mol. The summed E-state index contributed by atoms with van der Waals surface area (Å²) in [5, 5.41) is 18.8. The lowest BCUT2D eigenvalue weighted by Crippen LogP contribution is -1.86. The lowest BCUT2D eigenvalue weighted by Gasteiger charge is -2.08. The van der Waals surface area contributed by atoms with Gasteiger partial charge in [0.15, 0.2) is 11.5 Å². The number of hydrogen-bond donors (Lipinski definition) is 2. The van der Waals surface area contributed by atoms with E-state index in [2.05, 4.69) is 10.2 Å². The van der Waals surface area contributed by atoms with Crippen molar-refractivity contribution in [1.29, 1.82) is 0 Å². The minimum Gasteiger partial charge on any atom is -0.504 e. The Morgan fingerprint density at radius 3 is 2.48 bits per heavy atom. The third-order valence-electron chi connectivity index (χ3n) is 2.88. The highest BCUT2D eigenvalue weighted by atomic mass is 32.1. The molecule has 106 valence electrons. The van der Waals surface area contributed by atoms with Gasteiger partial charge in [-0.25, -0.2) is 0 Å². The average Bonchev–Trinajstić information content (AvgIpc) is 2.89. The summed E-state index contributed by atoms with van der Waals surface area (Å²) < 4.78 is 5.65. The molecule has 0 aliphatic heterocycles. The highest BCUT2D eigenvalue weighted by Gasteiger charge is 2.07. The van der Waals surface area contributed by atoms with Crippen LogP contribution < -0.4 is 10.5 Å². The van der Waals surface area contributed by atoms with Crippen LogP contribution in [0.2, 0.25) is 0 Å². The Labute approximate surface area is 125 Å². The number of phenols is 1. The highest BCUT2D eigenvalue weighted by molar-refractivity contribution is 7.18. The second kappa shape index (κ2) is 5.41. The fourth-order valence-corrected chi connectivity index (χ4v) is 2.47. The molecule has 0 atom stereocenters. The van der Waals surface area contributed by atoms with E-state index in [4.69, 9.17) is 10.5 Å². The van der Waals surface area contributed by atoms with Crippen LogP contribution in [0.25, 0.3) is 10.6 Å². The summed E-state index contributed by atoms with van der Waals surface area (Å²) in [4.78, 5) is 0. The third-order valence-corrected chi connectivity index (χ3v) is 3.69. The van der Waals surface area contributed by atoms with Gasteiger partial charge in [-0.05, 0) is 48.9 Å². The molecule has 0 fully saturated rings. The van der Waals surface area contributed by atoms with Crippen molar-refractivity contribution in [3.63, 3.8) is 0 Å². The molecule has 3 rings (SSSR count). The Balaban J connectivity index is 1.81. The number of aromatic hydroxyl groups is 1. The minimum absolute atomic E-state index is 0.121. The van der Waals surface area contributed by atoms with E-state index in [1.807, 2.05) is 37.3 Å². The topological polar surface area (TPSA) is 81.3 Å². The molecular weight excluding hydrogens is 286 g/mol. The van der Waals surface area contributed by atoms with Crippen LogP contribution in [-0.2, 0) is 0 Å². The monoisotopic (exact) mass is 299 g/mol. The van der Waals surface area contributed by atoms with E-state index < -0.39 is 0 Å². The molecule has 0 radical (unpaired) electrons. The van der Waals surface area contributed by atoms with Crippen molar-refractivity contribution in [2.24, 2.45) is 0 Å². The smallest absolute Gasteiger partial charge is 0.203 e. The van der Waals surface area contributed by atoms with Gasteiger partial charge < -0.3 is 15.6 Å². The van der Waals surface area contributed by atoms with Gasteiger partial charge in [0.05, 0.1) is 0 Å².